The number of anilines is 1. The Bertz CT molecular complexity index is 1070. The van der Waals surface area contributed by atoms with Gasteiger partial charge in [-0.1, -0.05) is 18.6 Å². The molecule has 1 unspecified atom stereocenters. The number of benzene rings is 1. The van der Waals surface area contributed by atoms with E-state index in [0.29, 0.717) is 5.76 Å². The van der Waals surface area contributed by atoms with Gasteiger partial charge in [-0.25, -0.2) is 0 Å². The van der Waals surface area contributed by atoms with Gasteiger partial charge in [-0.05, 0) is 87.0 Å². The van der Waals surface area contributed by atoms with E-state index in [-0.39, 0.29) is 11.9 Å². The monoisotopic (exact) mass is 450 g/mol. The van der Waals surface area contributed by atoms with Gasteiger partial charge in [0.25, 0.3) is 5.91 Å². The highest BCUT2D eigenvalue weighted by Gasteiger charge is 2.33. The van der Waals surface area contributed by atoms with Crippen LogP contribution >= 0.6 is 11.3 Å². The third kappa shape index (κ3) is 4.21. The predicted octanol–water partition coefficient (Wildman–Crippen LogP) is 6.06. The van der Waals surface area contributed by atoms with Crippen LogP contribution < -0.4 is 10.1 Å². The lowest BCUT2D eigenvalue weighted by molar-refractivity contribution is 0.0996. The first-order valence-corrected chi connectivity index (χ1v) is 12.4. The quantitative estimate of drug-likeness (QED) is 0.496. The molecule has 0 radical (unpaired) electrons. The van der Waals surface area contributed by atoms with Crippen LogP contribution in [0.5, 0.6) is 5.75 Å². The Balaban J connectivity index is 1.62. The van der Waals surface area contributed by atoms with Crippen molar-refractivity contribution >= 4 is 22.2 Å². The smallest absolute Gasteiger partial charge is 0.291 e. The molecule has 1 amide bonds. The largest absolute Gasteiger partial charge is 0.497 e. The predicted molar refractivity (Wildman–Crippen MR) is 128 cm³/mol. The molecular formula is C26H30N2O3S. The van der Waals surface area contributed by atoms with Gasteiger partial charge in [0.1, 0.15) is 10.8 Å². The van der Waals surface area contributed by atoms with E-state index >= 15 is 0 Å². The molecule has 32 heavy (non-hydrogen) atoms. The summed E-state index contributed by atoms with van der Waals surface area (Å²) in [4.78, 5) is 17.0. The van der Waals surface area contributed by atoms with Crippen LogP contribution in [0, 0.1) is 0 Å². The van der Waals surface area contributed by atoms with E-state index in [2.05, 4.69) is 28.4 Å². The summed E-state index contributed by atoms with van der Waals surface area (Å²) in [5.74, 6) is 1.03. The van der Waals surface area contributed by atoms with E-state index in [1.54, 1.807) is 36.8 Å². The van der Waals surface area contributed by atoms with Crippen LogP contribution in [-0.4, -0.2) is 31.0 Å². The highest BCUT2D eigenvalue weighted by molar-refractivity contribution is 7.16. The summed E-state index contributed by atoms with van der Waals surface area (Å²) in [7, 11) is 1.72. The maximum Gasteiger partial charge on any atom is 0.291 e. The van der Waals surface area contributed by atoms with Crippen molar-refractivity contribution in [2.24, 2.45) is 0 Å². The number of nitrogens with zero attached hydrogens (tertiary/aromatic N) is 1. The molecule has 6 heteroatoms. The first-order chi connectivity index (χ1) is 15.7. The fourth-order valence-electron chi connectivity index (χ4n) is 5.09. The average Bonchev–Trinajstić information content (AvgIpc) is 3.49. The second-order valence-electron chi connectivity index (χ2n) is 8.66. The number of nitrogens with one attached hydrogen (secondary N) is 1. The van der Waals surface area contributed by atoms with Crippen molar-refractivity contribution in [2.45, 2.75) is 51.0 Å². The third-order valence-corrected chi connectivity index (χ3v) is 7.85. The Morgan fingerprint density at radius 2 is 1.94 bits per heavy atom. The molecule has 3 aromatic rings. The summed E-state index contributed by atoms with van der Waals surface area (Å²) in [5, 5.41) is 4.19. The molecule has 0 bridgehead atoms. The molecule has 2 aliphatic rings. The number of amides is 1. The van der Waals surface area contributed by atoms with Crippen molar-refractivity contribution in [1.29, 1.82) is 0 Å². The summed E-state index contributed by atoms with van der Waals surface area (Å²) in [6.45, 7) is 2.14. The minimum Gasteiger partial charge on any atom is -0.497 e. The van der Waals surface area contributed by atoms with Crippen molar-refractivity contribution in [1.82, 2.24) is 4.90 Å². The molecule has 3 heterocycles. The van der Waals surface area contributed by atoms with Gasteiger partial charge in [0.15, 0.2) is 5.76 Å². The van der Waals surface area contributed by atoms with E-state index in [9.17, 15) is 4.79 Å². The zero-order valence-corrected chi connectivity index (χ0v) is 19.4. The van der Waals surface area contributed by atoms with E-state index < -0.39 is 0 Å². The van der Waals surface area contributed by atoms with Crippen molar-refractivity contribution in [3.63, 3.8) is 0 Å². The number of rotatable bonds is 6. The van der Waals surface area contributed by atoms with E-state index in [1.807, 2.05) is 6.07 Å². The number of furan rings is 1. The standard InChI is InChI=1S/C26H30N2O3S/c1-30-19-10-7-9-18(17-19)24(28-14-5-2-6-15-28)23-20-11-3-4-13-22(20)32-26(23)27-25(29)21-12-8-16-31-21/h7-10,12,16-17,24H,2-6,11,13-15H2,1H3,(H,27,29). The van der Waals surface area contributed by atoms with Gasteiger partial charge < -0.3 is 14.5 Å². The third-order valence-electron chi connectivity index (χ3n) is 6.62. The molecule has 1 saturated heterocycles. The Labute approximate surface area is 193 Å². The Hall–Kier alpha value is -2.57. The van der Waals surface area contributed by atoms with Crippen LogP contribution in [0.2, 0.25) is 0 Å². The van der Waals surface area contributed by atoms with Gasteiger partial charge in [-0.15, -0.1) is 11.3 Å². The SMILES string of the molecule is COc1cccc(C(c2c(NC(=O)c3ccco3)sc3c2CCCC3)N2CCCCC2)c1. The summed E-state index contributed by atoms with van der Waals surface area (Å²) in [5.41, 5.74) is 3.94. The number of likely N-dealkylation sites (tertiary alicyclic amines) is 1. The van der Waals surface area contributed by atoms with Crippen LogP contribution in [0.4, 0.5) is 5.00 Å². The number of hydrogen-bond donors (Lipinski definition) is 1. The Kier molecular flexibility index (Phi) is 6.32. The van der Waals surface area contributed by atoms with Gasteiger partial charge in [-0.2, -0.15) is 0 Å². The average molecular weight is 451 g/mol. The fraction of sp³-hybridized carbons (Fsp3) is 0.423. The van der Waals surface area contributed by atoms with Gasteiger partial charge in [0, 0.05) is 10.4 Å². The van der Waals surface area contributed by atoms with E-state index in [0.717, 1.165) is 36.7 Å². The zero-order chi connectivity index (χ0) is 21.9. The van der Waals surface area contributed by atoms with Crippen LogP contribution in [0.25, 0.3) is 0 Å². The minimum atomic E-state index is -0.183. The maximum atomic E-state index is 12.9. The van der Waals surface area contributed by atoms with E-state index in [1.165, 1.54) is 53.7 Å². The van der Waals surface area contributed by atoms with Gasteiger partial charge in [0.2, 0.25) is 0 Å². The normalized spacial score (nSPS) is 17.5. The molecule has 1 N–H and O–H groups in total. The highest BCUT2D eigenvalue weighted by Crippen LogP contribution is 2.46. The van der Waals surface area contributed by atoms with Crippen LogP contribution in [-0.2, 0) is 12.8 Å². The Morgan fingerprint density at radius 3 is 2.72 bits per heavy atom. The van der Waals surface area contributed by atoms with E-state index in [4.69, 9.17) is 9.15 Å². The first-order valence-electron chi connectivity index (χ1n) is 11.6. The zero-order valence-electron chi connectivity index (χ0n) is 18.6. The van der Waals surface area contributed by atoms with Gasteiger partial charge >= 0.3 is 0 Å². The summed E-state index contributed by atoms with van der Waals surface area (Å²) < 4.78 is 10.9. The topological polar surface area (TPSA) is 54.7 Å². The molecule has 0 saturated carbocycles. The second kappa shape index (κ2) is 9.51. The molecule has 1 aliphatic carbocycles. The second-order valence-corrected chi connectivity index (χ2v) is 9.77. The summed E-state index contributed by atoms with van der Waals surface area (Å²) in [6.07, 6.45) is 9.83. The fourth-order valence-corrected chi connectivity index (χ4v) is 6.41. The first kappa shape index (κ1) is 21.3. The molecule has 1 atom stereocenters. The number of aryl methyl sites for hydroxylation is 1. The molecule has 5 rings (SSSR count). The lowest BCUT2D eigenvalue weighted by atomic mass is 9.88. The molecular weight excluding hydrogens is 420 g/mol. The number of carbonyl (C=O) groups is 1. The van der Waals surface area contributed by atoms with Gasteiger partial charge in [-0.3, -0.25) is 9.69 Å². The number of ether oxygens (including phenoxy) is 1. The molecule has 1 aromatic carbocycles. The Morgan fingerprint density at radius 1 is 1.09 bits per heavy atom. The summed E-state index contributed by atoms with van der Waals surface area (Å²) in [6, 6.07) is 12.0. The van der Waals surface area contributed by atoms with Crippen LogP contribution in [0.15, 0.2) is 47.1 Å². The molecule has 1 aliphatic heterocycles. The van der Waals surface area contributed by atoms with Gasteiger partial charge in [0.05, 0.1) is 19.4 Å². The van der Waals surface area contributed by atoms with Crippen molar-refractivity contribution < 1.29 is 13.9 Å². The number of thiophene rings is 1. The molecule has 1 fully saturated rings. The number of carbonyl (C=O) groups excluding carboxylic acids is 1. The van der Waals surface area contributed by atoms with Crippen LogP contribution in [0.3, 0.4) is 0 Å². The highest BCUT2D eigenvalue weighted by atomic mass is 32.1. The lowest BCUT2D eigenvalue weighted by Gasteiger charge is -2.36. The molecule has 0 spiro atoms. The number of piperidine rings is 1. The molecule has 5 nitrogen and oxygen atoms in total. The maximum absolute atomic E-state index is 12.9. The number of fused-ring (bicyclic) bond motifs is 1. The summed E-state index contributed by atoms with van der Waals surface area (Å²) >= 11 is 1.75. The molecule has 2 aromatic heterocycles. The van der Waals surface area contributed by atoms with Crippen molar-refractivity contribution in [3.8, 4) is 5.75 Å². The number of methoxy groups -OCH3 is 1. The lowest BCUT2D eigenvalue weighted by Crippen LogP contribution is -2.35. The van der Waals surface area contributed by atoms with Crippen molar-refractivity contribution in [2.75, 3.05) is 25.5 Å². The minimum absolute atomic E-state index is 0.107. The van der Waals surface area contributed by atoms with Crippen molar-refractivity contribution in [3.05, 3.63) is 70.0 Å². The van der Waals surface area contributed by atoms with Crippen LogP contribution in [0.1, 0.15) is 70.3 Å². The number of hydrogen-bond acceptors (Lipinski definition) is 5. The molecule has 168 valence electrons.